The number of carbonyl (C=O) groups excluding carboxylic acids is 1. The number of nitrogens with zero attached hydrogens (tertiary/aromatic N) is 3. The van der Waals surface area contributed by atoms with Crippen molar-refractivity contribution in [3.63, 3.8) is 0 Å². The van der Waals surface area contributed by atoms with Crippen molar-refractivity contribution in [1.82, 2.24) is 19.9 Å². The van der Waals surface area contributed by atoms with E-state index in [9.17, 15) is 4.79 Å². The molecular formula is C12H14N4OS. The van der Waals surface area contributed by atoms with Crippen molar-refractivity contribution in [2.24, 2.45) is 0 Å². The number of carbonyl (C=O) groups is 1. The Hall–Kier alpha value is -1.69. The van der Waals surface area contributed by atoms with E-state index in [0.717, 1.165) is 30.9 Å². The maximum atomic E-state index is 11.9. The molecule has 0 saturated carbocycles. The van der Waals surface area contributed by atoms with Crippen LogP contribution in [0.5, 0.6) is 0 Å². The van der Waals surface area contributed by atoms with Crippen LogP contribution in [-0.2, 0) is 13.0 Å². The van der Waals surface area contributed by atoms with Gasteiger partial charge in [0.2, 0.25) is 0 Å². The van der Waals surface area contributed by atoms with E-state index in [1.807, 2.05) is 13.1 Å². The largest absolute Gasteiger partial charge is 0.346 e. The van der Waals surface area contributed by atoms with Crippen molar-refractivity contribution in [2.45, 2.75) is 32.4 Å². The summed E-state index contributed by atoms with van der Waals surface area (Å²) < 4.78 is 2.13. The van der Waals surface area contributed by atoms with Gasteiger partial charge in [-0.05, 0) is 13.3 Å². The van der Waals surface area contributed by atoms with Crippen molar-refractivity contribution >= 4 is 17.2 Å². The van der Waals surface area contributed by atoms with E-state index in [1.54, 1.807) is 10.9 Å². The van der Waals surface area contributed by atoms with Crippen LogP contribution < -0.4 is 5.32 Å². The second-order valence-corrected chi connectivity index (χ2v) is 5.25. The molecule has 2 aromatic heterocycles. The van der Waals surface area contributed by atoms with E-state index in [1.165, 1.54) is 11.3 Å². The molecule has 5 nitrogen and oxygen atoms in total. The number of imidazole rings is 1. The van der Waals surface area contributed by atoms with Crippen LogP contribution in [0.2, 0.25) is 0 Å². The monoisotopic (exact) mass is 262 g/mol. The molecule has 18 heavy (non-hydrogen) atoms. The molecule has 0 fully saturated rings. The van der Waals surface area contributed by atoms with Gasteiger partial charge in [0.25, 0.3) is 5.91 Å². The molecule has 0 unspecified atom stereocenters. The van der Waals surface area contributed by atoms with Crippen molar-refractivity contribution < 1.29 is 4.79 Å². The quantitative estimate of drug-likeness (QED) is 0.889. The number of hydrogen-bond donors (Lipinski definition) is 1. The van der Waals surface area contributed by atoms with Crippen LogP contribution in [0.1, 0.15) is 28.4 Å². The molecule has 0 saturated heterocycles. The third-order valence-corrected chi connectivity index (χ3v) is 3.70. The zero-order valence-corrected chi connectivity index (χ0v) is 10.9. The first kappa shape index (κ1) is 11.4. The molecule has 0 spiro atoms. The van der Waals surface area contributed by atoms with Crippen molar-refractivity contribution in [3.8, 4) is 0 Å². The summed E-state index contributed by atoms with van der Waals surface area (Å²) in [6.45, 7) is 2.79. The summed E-state index contributed by atoms with van der Waals surface area (Å²) in [6, 6.07) is 0.167. The first-order valence-electron chi connectivity index (χ1n) is 5.94. The fourth-order valence-electron chi connectivity index (χ4n) is 2.29. The van der Waals surface area contributed by atoms with Crippen LogP contribution >= 0.6 is 11.3 Å². The molecule has 1 amide bonds. The Kier molecular flexibility index (Phi) is 2.87. The number of aromatic nitrogens is 3. The van der Waals surface area contributed by atoms with E-state index in [-0.39, 0.29) is 11.9 Å². The Balaban J connectivity index is 1.68. The minimum atomic E-state index is -0.0819. The fourth-order valence-corrected chi connectivity index (χ4v) is 2.82. The molecule has 3 heterocycles. The predicted molar refractivity (Wildman–Crippen MR) is 68.7 cm³/mol. The molecular weight excluding hydrogens is 248 g/mol. The van der Waals surface area contributed by atoms with E-state index in [2.05, 4.69) is 19.9 Å². The van der Waals surface area contributed by atoms with Gasteiger partial charge < -0.3 is 9.88 Å². The molecule has 6 heteroatoms. The summed E-state index contributed by atoms with van der Waals surface area (Å²) in [5.74, 6) is 1.04. The zero-order chi connectivity index (χ0) is 12.5. The Labute approximate surface area is 109 Å². The third-order valence-electron chi connectivity index (χ3n) is 3.11. The summed E-state index contributed by atoms with van der Waals surface area (Å²) in [4.78, 5) is 20.4. The average Bonchev–Trinajstić information content (AvgIpc) is 2.95. The maximum absolute atomic E-state index is 11.9. The third kappa shape index (κ3) is 2.15. The lowest BCUT2D eigenvalue weighted by Crippen LogP contribution is -2.41. The summed E-state index contributed by atoms with van der Waals surface area (Å²) in [5.41, 5.74) is 3.22. The van der Waals surface area contributed by atoms with E-state index in [0.29, 0.717) is 5.69 Å². The van der Waals surface area contributed by atoms with E-state index in [4.69, 9.17) is 0 Å². The fraction of sp³-hybridized carbons (Fsp3) is 0.417. The number of aryl methyl sites for hydroxylation is 2. The molecule has 1 aliphatic rings. The Bertz CT molecular complexity index is 561. The SMILES string of the molecule is Cc1cn2c(n1)CC[C@@H](NC(=O)c1cscn1)C2. The first-order valence-corrected chi connectivity index (χ1v) is 6.88. The Morgan fingerprint density at radius 2 is 2.50 bits per heavy atom. The molecule has 1 atom stereocenters. The average molecular weight is 262 g/mol. The number of rotatable bonds is 2. The van der Waals surface area contributed by atoms with Gasteiger partial charge in [0.05, 0.1) is 11.2 Å². The van der Waals surface area contributed by atoms with Crippen LogP contribution in [-0.4, -0.2) is 26.5 Å². The number of nitrogens with one attached hydrogen (secondary N) is 1. The maximum Gasteiger partial charge on any atom is 0.271 e. The minimum absolute atomic E-state index is 0.0819. The summed E-state index contributed by atoms with van der Waals surface area (Å²) in [7, 11) is 0. The van der Waals surface area contributed by atoms with Gasteiger partial charge in [-0.1, -0.05) is 0 Å². The first-order chi connectivity index (χ1) is 8.72. The van der Waals surface area contributed by atoms with Gasteiger partial charge in [-0.2, -0.15) is 0 Å². The van der Waals surface area contributed by atoms with Gasteiger partial charge >= 0.3 is 0 Å². The summed E-state index contributed by atoms with van der Waals surface area (Å²) in [5, 5.41) is 4.80. The number of amides is 1. The molecule has 94 valence electrons. The van der Waals surface area contributed by atoms with Crippen molar-refractivity contribution in [1.29, 1.82) is 0 Å². The second kappa shape index (κ2) is 4.53. The molecule has 0 radical (unpaired) electrons. The molecule has 0 bridgehead atoms. The minimum Gasteiger partial charge on any atom is -0.346 e. The lowest BCUT2D eigenvalue weighted by atomic mass is 10.1. The van der Waals surface area contributed by atoms with Gasteiger partial charge in [0.15, 0.2) is 0 Å². The van der Waals surface area contributed by atoms with Crippen molar-refractivity contribution in [3.05, 3.63) is 34.3 Å². The normalized spacial score (nSPS) is 18.4. The molecule has 2 aromatic rings. The zero-order valence-electron chi connectivity index (χ0n) is 10.1. The van der Waals surface area contributed by atoms with Crippen LogP contribution in [0.15, 0.2) is 17.1 Å². The molecule has 1 aliphatic heterocycles. The van der Waals surface area contributed by atoms with E-state index >= 15 is 0 Å². The standard InChI is InChI=1S/C12H14N4OS/c1-8-4-16-5-9(2-3-11(16)14-8)15-12(17)10-6-18-7-13-10/h4,6-7,9H,2-3,5H2,1H3,(H,15,17)/t9-/m1/s1. The predicted octanol–water partition coefficient (Wildman–Crippen LogP) is 1.39. The second-order valence-electron chi connectivity index (χ2n) is 4.53. The molecule has 0 aromatic carbocycles. The van der Waals surface area contributed by atoms with Gasteiger partial charge in [-0.25, -0.2) is 9.97 Å². The summed E-state index contributed by atoms with van der Waals surface area (Å²) in [6.07, 6.45) is 3.89. The van der Waals surface area contributed by atoms with Crippen LogP contribution in [0.3, 0.4) is 0 Å². The van der Waals surface area contributed by atoms with Gasteiger partial charge in [-0.15, -0.1) is 11.3 Å². The lowest BCUT2D eigenvalue weighted by molar-refractivity contribution is 0.0923. The Morgan fingerprint density at radius 1 is 1.61 bits per heavy atom. The van der Waals surface area contributed by atoms with Gasteiger partial charge in [0.1, 0.15) is 11.5 Å². The number of thiazole rings is 1. The smallest absolute Gasteiger partial charge is 0.271 e. The Morgan fingerprint density at radius 3 is 3.28 bits per heavy atom. The van der Waals surface area contributed by atoms with E-state index < -0.39 is 0 Å². The topological polar surface area (TPSA) is 59.8 Å². The van der Waals surface area contributed by atoms with Gasteiger partial charge in [-0.3, -0.25) is 4.79 Å². The van der Waals surface area contributed by atoms with Crippen LogP contribution in [0.25, 0.3) is 0 Å². The highest BCUT2D eigenvalue weighted by Crippen LogP contribution is 2.15. The van der Waals surface area contributed by atoms with Crippen LogP contribution in [0, 0.1) is 6.92 Å². The van der Waals surface area contributed by atoms with Gasteiger partial charge in [0, 0.05) is 30.6 Å². The highest BCUT2D eigenvalue weighted by atomic mass is 32.1. The molecule has 3 rings (SSSR count). The highest BCUT2D eigenvalue weighted by molar-refractivity contribution is 7.07. The highest BCUT2D eigenvalue weighted by Gasteiger charge is 2.22. The van der Waals surface area contributed by atoms with Crippen molar-refractivity contribution in [2.75, 3.05) is 0 Å². The number of fused-ring (bicyclic) bond motifs is 1. The summed E-state index contributed by atoms with van der Waals surface area (Å²) >= 11 is 1.43. The number of hydrogen-bond acceptors (Lipinski definition) is 4. The molecule has 1 N–H and O–H groups in total. The van der Waals surface area contributed by atoms with Crippen LogP contribution in [0.4, 0.5) is 0 Å². The lowest BCUT2D eigenvalue weighted by Gasteiger charge is -2.24. The molecule has 0 aliphatic carbocycles.